The van der Waals surface area contributed by atoms with Gasteiger partial charge in [0.25, 0.3) is 0 Å². The lowest BCUT2D eigenvalue weighted by molar-refractivity contribution is -0.126. The second-order valence-electron chi connectivity index (χ2n) is 3.05. The Morgan fingerprint density at radius 1 is 1.36 bits per heavy atom. The van der Waals surface area contributed by atoms with Gasteiger partial charge in [-0.25, -0.2) is 0 Å². The number of hydrogen-bond donors (Lipinski definition) is 0. The molecule has 0 heterocycles. The van der Waals surface area contributed by atoms with Gasteiger partial charge in [0.15, 0.2) is 0 Å². The molecule has 0 aromatic heterocycles. The van der Waals surface area contributed by atoms with Crippen LogP contribution in [0.1, 0.15) is 5.56 Å². The molecule has 1 radical (unpaired) electrons. The summed E-state index contributed by atoms with van der Waals surface area (Å²) in [5, 5.41) is 0. The summed E-state index contributed by atoms with van der Waals surface area (Å²) in [6, 6.07) is 9.83. The van der Waals surface area contributed by atoms with Crippen LogP contribution in [0.3, 0.4) is 0 Å². The monoisotopic (exact) mass is 188 g/mol. The van der Waals surface area contributed by atoms with E-state index in [1.54, 1.807) is 11.0 Å². The third-order valence-corrected chi connectivity index (χ3v) is 1.92. The van der Waals surface area contributed by atoms with E-state index in [-0.39, 0.29) is 5.91 Å². The van der Waals surface area contributed by atoms with E-state index in [1.807, 2.05) is 30.3 Å². The molecule has 14 heavy (non-hydrogen) atoms. The smallest absolute Gasteiger partial charge is 0.223 e. The number of carbonyl (C=O) groups excluding carboxylic acids is 1. The highest BCUT2D eigenvalue weighted by Gasteiger charge is 2.06. The highest BCUT2D eigenvalue weighted by molar-refractivity contribution is 5.80. The zero-order valence-corrected chi connectivity index (χ0v) is 8.15. The van der Waals surface area contributed by atoms with Gasteiger partial charge in [-0.2, -0.15) is 0 Å². The summed E-state index contributed by atoms with van der Waals surface area (Å²) in [5.74, 6) is -0.172. The molecule has 2 nitrogen and oxygen atoms in total. The van der Waals surface area contributed by atoms with Crippen LogP contribution in [0.15, 0.2) is 43.0 Å². The molecule has 73 valence electrons. The summed E-state index contributed by atoms with van der Waals surface area (Å²) >= 11 is 0. The highest BCUT2D eigenvalue weighted by atomic mass is 16.2. The molecule has 0 saturated heterocycles. The minimum atomic E-state index is -0.172. The Morgan fingerprint density at radius 3 is 2.50 bits per heavy atom. The number of rotatable bonds is 4. The quantitative estimate of drug-likeness (QED) is 0.662. The average Bonchev–Trinajstić information content (AvgIpc) is 2.18. The lowest BCUT2D eigenvalue weighted by Crippen LogP contribution is -2.28. The van der Waals surface area contributed by atoms with Crippen molar-refractivity contribution < 1.29 is 4.79 Å². The molecule has 0 unspecified atom stereocenters. The number of amides is 1. The van der Waals surface area contributed by atoms with E-state index in [4.69, 9.17) is 0 Å². The third-order valence-electron chi connectivity index (χ3n) is 1.92. The van der Waals surface area contributed by atoms with Gasteiger partial charge in [0.2, 0.25) is 5.91 Å². The highest BCUT2D eigenvalue weighted by Crippen LogP contribution is 2.04. The zero-order valence-electron chi connectivity index (χ0n) is 8.15. The minimum Gasteiger partial charge on any atom is -0.335 e. The maximum Gasteiger partial charge on any atom is 0.223 e. The first-order valence-electron chi connectivity index (χ1n) is 4.49. The molecule has 1 amide bonds. The number of carbonyl (C=O) groups is 1. The van der Waals surface area contributed by atoms with Crippen LogP contribution in [0.25, 0.3) is 0 Å². The fraction of sp³-hybridized carbons (Fsp3) is 0.167. The fourth-order valence-electron chi connectivity index (χ4n) is 1.21. The standard InChI is InChI=1S/C12H14NO/c1-3-9-13(11(2)14)10-12-7-5-4-6-8-12/h3-8H,1-2,9-10H2. The van der Waals surface area contributed by atoms with Gasteiger partial charge in [0.1, 0.15) is 0 Å². The van der Waals surface area contributed by atoms with Gasteiger partial charge in [0, 0.05) is 20.0 Å². The van der Waals surface area contributed by atoms with E-state index in [0.717, 1.165) is 5.56 Å². The molecule has 1 aromatic rings. The Kier molecular flexibility index (Phi) is 3.92. The van der Waals surface area contributed by atoms with Gasteiger partial charge >= 0.3 is 0 Å². The normalized spacial score (nSPS) is 9.50. The Balaban J connectivity index is 2.64. The predicted octanol–water partition coefficient (Wildman–Crippen LogP) is 2.04. The van der Waals surface area contributed by atoms with Crippen molar-refractivity contribution in [1.29, 1.82) is 0 Å². The molecule has 0 saturated carbocycles. The van der Waals surface area contributed by atoms with Crippen molar-refractivity contribution >= 4 is 5.91 Å². The first-order valence-corrected chi connectivity index (χ1v) is 4.49. The van der Waals surface area contributed by atoms with Crippen molar-refractivity contribution in [2.75, 3.05) is 6.54 Å². The predicted molar refractivity (Wildman–Crippen MR) is 57.4 cm³/mol. The van der Waals surface area contributed by atoms with Gasteiger partial charge in [-0.15, -0.1) is 6.58 Å². The Morgan fingerprint density at radius 2 is 2.00 bits per heavy atom. The van der Waals surface area contributed by atoms with Crippen LogP contribution >= 0.6 is 0 Å². The first-order chi connectivity index (χ1) is 6.74. The van der Waals surface area contributed by atoms with E-state index in [2.05, 4.69) is 13.5 Å². The van der Waals surface area contributed by atoms with E-state index < -0.39 is 0 Å². The van der Waals surface area contributed by atoms with Crippen LogP contribution in [0, 0.1) is 6.92 Å². The molecule has 0 atom stereocenters. The maximum absolute atomic E-state index is 11.1. The Hall–Kier alpha value is -1.57. The number of nitrogens with zero attached hydrogens (tertiary/aromatic N) is 1. The van der Waals surface area contributed by atoms with Gasteiger partial charge < -0.3 is 4.90 Å². The summed E-state index contributed by atoms with van der Waals surface area (Å²) in [7, 11) is 0. The maximum atomic E-state index is 11.1. The summed E-state index contributed by atoms with van der Waals surface area (Å²) in [6.07, 6.45) is 1.70. The van der Waals surface area contributed by atoms with Crippen molar-refractivity contribution in [2.24, 2.45) is 0 Å². The molecule has 1 aromatic carbocycles. The van der Waals surface area contributed by atoms with Crippen LogP contribution in [0.4, 0.5) is 0 Å². The zero-order chi connectivity index (χ0) is 10.4. The van der Waals surface area contributed by atoms with Crippen molar-refractivity contribution in [3.05, 3.63) is 55.5 Å². The van der Waals surface area contributed by atoms with Crippen LogP contribution in [0.5, 0.6) is 0 Å². The van der Waals surface area contributed by atoms with Crippen molar-refractivity contribution in [1.82, 2.24) is 4.90 Å². The van der Waals surface area contributed by atoms with E-state index in [9.17, 15) is 4.79 Å². The van der Waals surface area contributed by atoms with E-state index >= 15 is 0 Å². The SMILES string of the molecule is [CH2]C(=O)N(CC=C)Cc1ccccc1. The summed E-state index contributed by atoms with van der Waals surface area (Å²) in [6.45, 7) is 8.13. The van der Waals surface area contributed by atoms with Gasteiger partial charge in [-0.05, 0) is 5.56 Å². The van der Waals surface area contributed by atoms with E-state index in [1.165, 1.54) is 0 Å². The molecule has 1 rings (SSSR count). The van der Waals surface area contributed by atoms with Gasteiger partial charge in [0.05, 0.1) is 0 Å². The van der Waals surface area contributed by atoms with Crippen molar-refractivity contribution in [2.45, 2.75) is 6.54 Å². The average molecular weight is 188 g/mol. The second-order valence-corrected chi connectivity index (χ2v) is 3.05. The minimum absolute atomic E-state index is 0.172. The Bertz CT molecular complexity index is 305. The van der Waals surface area contributed by atoms with Gasteiger partial charge in [-0.1, -0.05) is 36.4 Å². The molecule has 0 aliphatic carbocycles. The second kappa shape index (κ2) is 5.22. The molecule has 0 aliphatic heterocycles. The van der Waals surface area contributed by atoms with Crippen LogP contribution in [-0.2, 0) is 11.3 Å². The first kappa shape index (κ1) is 10.5. The van der Waals surface area contributed by atoms with Crippen LogP contribution < -0.4 is 0 Å². The molecule has 0 N–H and O–H groups in total. The number of benzene rings is 1. The Labute approximate surface area is 84.9 Å². The van der Waals surface area contributed by atoms with E-state index in [0.29, 0.717) is 13.1 Å². The lowest BCUT2D eigenvalue weighted by atomic mass is 10.2. The summed E-state index contributed by atoms with van der Waals surface area (Å²) in [4.78, 5) is 12.7. The molecular formula is C12H14NO. The number of hydrogen-bond acceptors (Lipinski definition) is 1. The van der Waals surface area contributed by atoms with Crippen LogP contribution in [0.2, 0.25) is 0 Å². The lowest BCUT2D eigenvalue weighted by Gasteiger charge is -2.18. The molecular weight excluding hydrogens is 174 g/mol. The summed E-state index contributed by atoms with van der Waals surface area (Å²) in [5.41, 5.74) is 1.10. The van der Waals surface area contributed by atoms with Crippen LogP contribution in [-0.4, -0.2) is 17.4 Å². The van der Waals surface area contributed by atoms with Crippen molar-refractivity contribution in [3.8, 4) is 0 Å². The largest absolute Gasteiger partial charge is 0.335 e. The topological polar surface area (TPSA) is 20.3 Å². The molecule has 0 fully saturated rings. The fourth-order valence-corrected chi connectivity index (χ4v) is 1.21. The third kappa shape index (κ3) is 3.05. The molecule has 0 bridgehead atoms. The molecule has 0 spiro atoms. The van der Waals surface area contributed by atoms with Gasteiger partial charge in [-0.3, -0.25) is 4.79 Å². The molecule has 2 heteroatoms. The molecule has 0 aliphatic rings. The van der Waals surface area contributed by atoms with Crippen molar-refractivity contribution in [3.63, 3.8) is 0 Å². The summed E-state index contributed by atoms with van der Waals surface area (Å²) < 4.78 is 0.